The fourth-order valence-corrected chi connectivity index (χ4v) is 3.56. The van der Waals surface area contributed by atoms with E-state index in [-0.39, 0.29) is 0 Å². The van der Waals surface area contributed by atoms with E-state index in [0.717, 1.165) is 27.5 Å². The number of thiazole rings is 1. The van der Waals surface area contributed by atoms with Crippen molar-refractivity contribution in [2.24, 2.45) is 0 Å². The van der Waals surface area contributed by atoms with Gasteiger partial charge in [0.15, 0.2) is 16.8 Å². The summed E-state index contributed by atoms with van der Waals surface area (Å²) in [6, 6.07) is 16.1. The van der Waals surface area contributed by atoms with Crippen LogP contribution in [0.25, 0.3) is 10.2 Å². The number of aryl methyl sites for hydroxylation is 1. The molecule has 2 heterocycles. The average molecular weight is 362 g/mol. The minimum absolute atomic E-state index is 0.456. The molecule has 0 fully saturated rings. The maximum absolute atomic E-state index is 6.29. The normalized spacial score (nSPS) is 10.8. The predicted molar refractivity (Wildman–Crippen MR) is 108 cm³/mol. The third-order valence-corrected chi connectivity index (χ3v) is 5.01. The van der Waals surface area contributed by atoms with Crippen molar-refractivity contribution in [2.45, 2.75) is 13.3 Å². The Morgan fingerprint density at radius 2 is 1.69 bits per heavy atom. The van der Waals surface area contributed by atoms with Crippen LogP contribution in [-0.4, -0.2) is 15.0 Å². The van der Waals surface area contributed by atoms with E-state index in [1.807, 2.05) is 42.5 Å². The summed E-state index contributed by atoms with van der Waals surface area (Å²) in [6.45, 7) is 2.12. The van der Waals surface area contributed by atoms with Crippen LogP contribution >= 0.6 is 11.3 Å². The molecule has 2 aromatic heterocycles. The van der Waals surface area contributed by atoms with E-state index in [9.17, 15) is 0 Å². The molecule has 0 amide bonds. The van der Waals surface area contributed by atoms with Crippen LogP contribution in [0.1, 0.15) is 12.5 Å². The molecule has 7 heteroatoms. The Hall–Kier alpha value is -3.19. The molecule has 0 saturated carbocycles. The molecule has 0 aliphatic rings. The molecule has 0 radical (unpaired) electrons. The van der Waals surface area contributed by atoms with Gasteiger partial charge in [-0.25, -0.2) is 15.0 Å². The van der Waals surface area contributed by atoms with Crippen molar-refractivity contribution in [3.8, 4) is 0 Å². The zero-order valence-electron chi connectivity index (χ0n) is 14.2. The summed E-state index contributed by atoms with van der Waals surface area (Å²) in [5, 5.41) is 7.27. The van der Waals surface area contributed by atoms with Gasteiger partial charge in [-0.3, -0.25) is 0 Å². The smallest absolute Gasteiger partial charge is 0.189 e. The Labute approximate surface area is 155 Å². The van der Waals surface area contributed by atoms with Crippen molar-refractivity contribution in [2.75, 3.05) is 16.4 Å². The van der Waals surface area contributed by atoms with Gasteiger partial charge in [0.05, 0.1) is 10.2 Å². The summed E-state index contributed by atoms with van der Waals surface area (Å²) in [5.74, 6) is 1.11. The molecule has 0 aliphatic heterocycles. The Morgan fingerprint density at radius 1 is 0.962 bits per heavy atom. The molecule has 26 heavy (non-hydrogen) atoms. The Balaban J connectivity index is 1.63. The number of benzene rings is 2. The fourth-order valence-electron chi connectivity index (χ4n) is 2.70. The lowest BCUT2D eigenvalue weighted by molar-refractivity contribution is 1.13. The number of nitrogens with two attached hydrogens (primary N) is 1. The molecule has 4 aromatic rings. The standard InChI is InChI=1S/C19H18N6S/c1-2-12-7-3-4-8-13(12)23-17-16(20)18(22-11-21-17)25-19-24-14-9-5-6-10-15(14)26-19/h3-11H,2,20H2,1H3,(H2,21,22,23,24,25). The number of fused-ring (bicyclic) bond motifs is 1. The first-order chi connectivity index (χ1) is 12.7. The highest BCUT2D eigenvalue weighted by Gasteiger charge is 2.12. The highest BCUT2D eigenvalue weighted by Crippen LogP contribution is 2.32. The molecular formula is C19H18N6S. The molecule has 0 bridgehead atoms. The number of nitrogens with one attached hydrogen (secondary N) is 2. The minimum Gasteiger partial charge on any atom is -0.393 e. The SMILES string of the molecule is CCc1ccccc1Nc1ncnc(Nc2nc3ccccc3s2)c1N. The van der Waals surface area contributed by atoms with Gasteiger partial charge in [0.1, 0.15) is 12.0 Å². The third kappa shape index (κ3) is 3.16. The zero-order valence-corrected chi connectivity index (χ0v) is 15.0. The molecule has 0 atom stereocenters. The summed E-state index contributed by atoms with van der Waals surface area (Å²) in [5.41, 5.74) is 9.89. The van der Waals surface area contributed by atoms with Crippen LogP contribution in [0.5, 0.6) is 0 Å². The van der Waals surface area contributed by atoms with E-state index in [1.165, 1.54) is 11.9 Å². The van der Waals surface area contributed by atoms with Gasteiger partial charge < -0.3 is 16.4 Å². The van der Waals surface area contributed by atoms with E-state index in [0.29, 0.717) is 17.3 Å². The molecule has 0 unspecified atom stereocenters. The van der Waals surface area contributed by atoms with Crippen molar-refractivity contribution in [3.05, 3.63) is 60.4 Å². The van der Waals surface area contributed by atoms with Crippen molar-refractivity contribution < 1.29 is 0 Å². The highest BCUT2D eigenvalue weighted by atomic mass is 32.1. The predicted octanol–water partition coefficient (Wildman–Crippen LogP) is 4.72. The Morgan fingerprint density at radius 3 is 2.50 bits per heavy atom. The Bertz CT molecular complexity index is 1030. The second kappa shape index (κ2) is 6.97. The Kier molecular flexibility index (Phi) is 4.37. The monoisotopic (exact) mass is 362 g/mol. The van der Waals surface area contributed by atoms with Crippen LogP contribution in [0.3, 0.4) is 0 Å². The van der Waals surface area contributed by atoms with E-state index >= 15 is 0 Å². The molecule has 130 valence electrons. The summed E-state index contributed by atoms with van der Waals surface area (Å²) in [7, 11) is 0. The lowest BCUT2D eigenvalue weighted by atomic mass is 10.1. The average Bonchev–Trinajstić information content (AvgIpc) is 3.08. The number of nitrogens with zero attached hydrogens (tertiary/aromatic N) is 3. The first kappa shape index (κ1) is 16.3. The van der Waals surface area contributed by atoms with Crippen LogP contribution in [0, 0.1) is 0 Å². The maximum Gasteiger partial charge on any atom is 0.189 e. The van der Waals surface area contributed by atoms with Crippen molar-refractivity contribution in [1.82, 2.24) is 15.0 Å². The highest BCUT2D eigenvalue weighted by molar-refractivity contribution is 7.22. The van der Waals surface area contributed by atoms with E-state index < -0.39 is 0 Å². The minimum atomic E-state index is 0.456. The maximum atomic E-state index is 6.29. The molecule has 2 aromatic carbocycles. The zero-order chi connectivity index (χ0) is 17.9. The molecule has 4 rings (SSSR count). The molecule has 0 aliphatic carbocycles. The van der Waals surface area contributed by atoms with Gasteiger partial charge in [-0.05, 0) is 30.2 Å². The molecule has 0 spiro atoms. The van der Waals surface area contributed by atoms with Crippen LogP contribution in [-0.2, 0) is 6.42 Å². The largest absolute Gasteiger partial charge is 0.393 e. The lowest BCUT2D eigenvalue weighted by Gasteiger charge is -2.13. The lowest BCUT2D eigenvalue weighted by Crippen LogP contribution is -2.06. The van der Waals surface area contributed by atoms with E-state index in [1.54, 1.807) is 11.3 Å². The van der Waals surface area contributed by atoms with E-state index in [2.05, 4.69) is 38.6 Å². The number of anilines is 5. The topological polar surface area (TPSA) is 88.8 Å². The number of nitrogen functional groups attached to an aromatic ring is 1. The number of hydrogen-bond acceptors (Lipinski definition) is 7. The first-order valence-corrected chi connectivity index (χ1v) is 9.14. The van der Waals surface area contributed by atoms with E-state index in [4.69, 9.17) is 5.73 Å². The summed E-state index contributed by atoms with van der Waals surface area (Å²) >= 11 is 1.56. The van der Waals surface area contributed by atoms with Crippen molar-refractivity contribution >= 4 is 49.7 Å². The van der Waals surface area contributed by atoms with Crippen LogP contribution in [0.4, 0.5) is 28.1 Å². The number of para-hydroxylation sites is 2. The molecular weight excluding hydrogens is 344 g/mol. The van der Waals surface area contributed by atoms with Gasteiger partial charge >= 0.3 is 0 Å². The van der Waals surface area contributed by atoms with Crippen molar-refractivity contribution in [3.63, 3.8) is 0 Å². The van der Waals surface area contributed by atoms with Crippen molar-refractivity contribution in [1.29, 1.82) is 0 Å². The van der Waals surface area contributed by atoms with Gasteiger partial charge in [-0.2, -0.15) is 0 Å². The molecule has 0 saturated heterocycles. The summed E-state index contributed by atoms with van der Waals surface area (Å²) in [6.07, 6.45) is 2.41. The molecule has 6 nitrogen and oxygen atoms in total. The molecule has 4 N–H and O–H groups in total. The second-order valence-electron chi connectivity index (χ2n) is 5.73. The fraction of sp³-hybridized carbons (Fsp3) is 0.105. The summed E-state index contributed by atoms with van der Waals surface area (Å²) < 4.78 is 1.11. The van der Waals surface area contributed by atoms with Gasteiger partial charge in [-0.15, -0.1) is 0 Å². The number of hydrogen-bond donors (Lipinski definition) is 3. The number of aromatic nitrogens is 3. The van der Waals surface area contributed by atoms with Gasteiger partial charge in [0.2, 0.25) is 0 Å². The number of rotatable bonds is 5. The van der Waals surface area contributed by atoms with Gasteiger partial charge in [-0.1, -0.05) is 48.6 Å². The third-order valence-electron chi connectivity index (χ3n) is 4.05. The second-order valence-corrected chi connectivity index (χ2v) is 6.76. The summed E-state index contributed by atoms with van der Waals surface area (Å²) in [4.78, 5) is 13.1. The quantitative estimate of drug-likeness (QED) is 0.476. The van der Waals surface area contributed by atoms with Crippen LogP contribution in [0.2, 0.25) is 0 Å². The van der Waals surface area contributed by atoms with Crippen LogP contribution in [0.15, 0.2) is 54.9 Å². The first-order valence-electron chi connectivity index (χ1n) is 8.32. The van der Waals surface area contributed by atoms with Crippen LogP contribution < -0.4 is 16.4 Å². The van der Waals surface area contributed by atoms with Gasteiger partial charge in [0, 0.05) is 5.69 Å². The van der Waals surface area contributed by atoms with Gasteiger partial charge in [0.25, 0.3) is 0 Å².